The van der Waals surface area contributed by atoms with Gasteiger partial charge in [0.1, 0.15) is 6.04 Å². The van der Waals surface area contributed by atoms with Crippen LogP contribution in [0.1, 0.15) is 37.5 Å². The molecule has 0 bridgehead atoms. The van der Waals surface area contributed by atoms with Crippen molar-refractivity contribution in [3.8, 4) is 0 Å². The summed E-state index contributed by atoms with van der Waals surface area (Å²) in [5.74, 6) is -0.259. The van der Waals surface area contributed by atoms with Crippen LogP contribution in [0.15, 0.2) is 48.5 Å². The van der Waals surface area contributed by atoms with Crippen molar-refractivity contribution in [2.45, 2.75) is 52.7 Å². The fourth-order valence-electron chi connectivity index (χ4n) is 2.88. The minimum absolute atomic E-state index is 0.0169. The number of hydrogen-bond donors (Lipinski definition) is 1. The monoisotopic (exact) mass is 386 g/mol. The third kappa shape index (κ3) is 6.10. The summed E-state index contributed by atoms with van der Waals surface area (Å²) < 4.78 is 0. The predicted molar refractivity (Wildman–Crippen MR) is 110 cm³/mol. The lowest BCUT2D eigenvalue weighted by molar-refractivity contribution is -0.140. The molecule has 0 saturated heterocycles. The lowest BCUT2D eigenvalue weighted by Gasteiger charge is -2.30. The second-order valence-corrected chi connectivity index (χ2v) is 7.53. The molecule has 0 aromatic heterocycles. The average Bonchev–Trinajstić information content (AvgIpc) is 2.59. The lowest BCUT2D eigenvalue weighted by atomic mass is 10.1. The van der Waals surface area contributed by atoms with Crippen molar-refractivity contribution in [3.05, 3.63) is 70.2 Å². The smallest absolute Gasteiger partial charge is 0.242 e. The van der Waals surface area contributed by atoms with Gasteiger partial charge in [-0.1, -0.05) is 48.0 Å². The van der Waals surface area contributed by atoms with E-state index in [0.29, 0.717) is 11.6 Å². The molecule has 2 aromatic rings. The van der Waals surface area contributed by atoms with E-state index in [1.807, 2.05) is 57.2 Å². The highest BCUT2D eigenvalue weighted by Crippen LogP contribution is 2.17. The Morgan fingerprint density at radius 1 is 1.07 bits per heavy atom. The Bertz CT molecular complexity index is 804. The van der Waals surface area contributed by atoms with E-state index in [1.54, 1.807) is 24.0 Å². The van der Waals surface area contributed by atoms with E-state index in [1.165, 1.54) is 0 Å². The Morgan fingerprint density at radius 3 is 2.41 bits per heavy atom. The second-order valence-electron chi connectivity index (χ2n) is 7.09. The maximum atomic E-state index is 13.1. The molecule has 27 heavy (non-hydrogen) atoms. The molecule has 2 aromatic carbocycles. The molecule has 0 heterocycles. The summed E-state index contributed by atoms with van der Waals surface area (Å²) in [7, 11) is 0. The SMILES string of the molecule is Cc1ccccc1CN(C(=O)Cc1cccc(Cl)c1)[C@H](C)C(=O)NC(C)C. The van der Waals surface area contributed by atoms with Gasteiger partial charge >= 0.3 is 0 Å². The van der Waals surface area contributed by atoms with Crippen molar-refractivity contribution in [3.63, 3.8) is 0 Å². The third-order valence-corrected chi connectivity index (χ3v) is 4.68. The maximum Gasteiger partial charge on any atom is 0.242 e. The highest BCUT2D eigenvalue weighted by Gasteiger charge is 2.26. The van der Waals surface area contributed by atoms with E-state index < -0.39 is 6.04 Å². The van der Waals surface area contributed by atoms with Gasteiger partial charge in [0.2, 0.25) is 11.8 Å². The fourth-order valence-corrected chi connectivity index (χ4v) is 3.09. The number of benzene rings is 2. The van der Waals surface area contributed by atoms with Crippen LogP contribution in [0.3, 0.4) is 0 Å². The van der Waals surface area contributed by atoms with Crippen LogP contribution < -0.4 is 5.32 Å². The molecule has 144 valence electrons. The first-order chi connectivity index (χ1) is 12.8. The molecule has 0 aliphatic carbocycles. The molecule has 1 atom stereocenters. The lowest BCUT2D eigenvalue weighted by Crippen LogP contribution is -2.49. The molecule has 0 aliphatic rings. The number of amides is 2. The fraction of sp³-hybridized carbons (Fsp3) is 0.364. The zero-order valence-electron chi connectivity index (χ0n) is 16.3. The summed E-state index contributed by atoms with van der Waals surface area (Å²) in [6.45, 7) is 7.98. The van der Waals surface area contributed by atoms with E-state index in [2.05, 4.69) is 5.32 Å². The molecule has 0 spiro atoms. The van der Waals surface area contributed by atoms with Crippen LogP contribution in [-0.4, -0.2) is 28.8 Å². The number of carbonyl (C=O) groups is 2. The Morgan fingerprint density at radius 2 is 1.78 bits per heavy atom. The van der Waals surface area contributed by atoms with Crippen LogP contribution in [0, 0.1) is 6.92 Å². The summed E-state index contributed by atoms with van der Waals surface area (Å²) in [6, 6.07) is 14.6. The van der Waals surface area contributed by atoms with Crippen molar-refractivity contribution < 1.29 is 9.59 Å². The highest BCUT2D eigenvalue weighted by molar-refractivity contribution is 6.30. The van der Waals surface area contributed by atoms with Crippen LogP contribution >= 0.6 is 11.6 Å². The summed E-state index contributed by atoms with van der Waals surface area (Å²) in [6.07, 6.45) is 0.200. The topological polar surface area (TPSA) is 49.4 Å². The van der Waals surface area contributed by atoms with Gasteiger partial charge < -0.3 is 10.2 Å². The quantitative estimate of drug-likeness (QED) is 0.777. The molecular weight excluding hydrogens is 360 g/mol. The number of carbonyl (C=O) groups excluding carboxylic acids is 2. The van der Waals surface area contributed by atoms with Gasteiger partial charge in [0, 0.05) is 17.6 Å². The van der Waals surface area contributed by atoms with Gasteiger partial charge in [-0.25, -0.2) is 0 Å². The van der Waals surface area contributed by atoms with Gasteiger partial charge in [0.15, 0.2) is 0 Å². The molecule has 2 rings (SSSR count). The van der Waals surface area contributed by atoms with Crippen molar-refractivity contribution in [2.24, 2.45) is 0 Å². The number of nitrogens with one attached hydrogen (secondary N) is 1. The van der Waals surface area contributed by atoms with Crippen molar-refractivity contribution in [1.29, 1.82) is 0 Å². The van der Waals surface area contributed by atoms with Crippen LogP contribution in [-0.2, 0) is 22.6 Å². The standard InChI is InChI=1S/C22H27ClN2O2/c1-15(2)24-22(27)17(4)25(14-19-10-6-5-8-16(19)3)21(26)13-18-9-7-11-20(23)12-18/h5-12,15,17H,13-14H2,1-4H3,(H,24,27)/t17-/m1/s1. The molecular formula is C22H27ClN2O2. The van der Waals surface area contributed by atoms with Crippen LogP contribution in [0.5, 0.6) is 0 Å². The van der Waals surface area contributed by atoms with Crippen molar-refractivity contribution >= 4 is 23.4 Å². The van der Waals surface area contributed by atoms with Gasteiger partial charge in [-0.3, -0.25) is 9.59 Å². The van der Waals surface area contributed by atoms with E-state index in [9.17, 15) is 9.59 Å². The highest BCUT2D eigenvalue weighted by atomic mass is 35.5. The van der Waals surface area contributed by atoms with Crippen molar-refractivity contribution in [1.82, 2.24) is 10.2 Å². The Labute approximate surface area is 166 Å². The normalized spacial score (nSPS) is 11.9. The number of hydrogen-bond acceptors (Lipinski definition) is 2. The minimum atomic E-state index is -0.571. The Hall–Kier alpha value is -2.33. The molecule has 0 radical (unpaired) electrons. The zero-order chi connectivity index (χ0) is 20.0. The molecule has 4 nitrogen and oxygen atoms in total. The second kappa shape index (κ2) is 9.56. The molecule has 0 aliphatic heterocycles. The molecule has 1 N–H and O–H groups in total. The van der Waals surface area contributed by atoms with Gasteiger partial charge in [-0.2, -0.15) is 0 Å². The van der Waals surface area contributed by atoms with E-state index >= 15 is 0 Å². The summed E-state index contributed by atoms with van der Waals surface area (Å²) in [4.78, 5) is 27.3. The first-order valence-corrected chi connectivity index (χ1v) is 9.54. The summed E-state index contributed by atoms with van der Waals surface area (Å²) in [5.41, 5.74) is 2.95. The molecule has 0 fully saturated rings. The number of halogens is 1. The van der Waals surface area contributed by atoms with Gasteiger partial charge in [-0.15, -0.1) is 0 Å². The van der Waals surface area contributed by atoms with E-state index in [-0.39, 0.29) is 24.3 Å². The van der Waals surface area contributed by atoms with Crippen LogP contribution in [0.25, 0.3) is 0 Å². The number of nitrogens with zero attached hydrogens (tertiary/aromatic N) is 1. The first-order valence-electron chi connectivity index (χ1n) is 9.16. The molecule has 2 amide bonds. The van der Waals surface area contributed by atoms with E-state index in [0.717, 1.165) is 16.7 Å². The number of aryl methyl sites for hydroxylation is 1. The third-order valence-electron chi connectivity index (χ3n) is 4.44. The summed E-state index contributed by atoms with van der Waals surface area (Å²) in [5, 5.41) is 3.49. The van der Waals surface area contributed by atoms with E-state index in [4.69, 9.17) is 11.6 Å². The Balaban J connectivity index is 2.26. The zero-order valence-corrected chi connectivity index (χ0v) is 17.1. The molecule has 0 saturated carbocycles. The Kier molecular flexibility index (Phi) is 7.43. The van der Waals surface area contributed by atoms with Gasteiger partial charge in [0.25, 0.3) is 0 Å². The largest absolute Gasteiger partial charge is 0.352 e. The van der Waals surface area contributed by atoms with Gasteiger partial charge in [0.05, 0.1) is 6.42 Å². The molecule has 5 heteroatoms. The first kappa shape index (κ1) is 21.0. The van der Waals surface area contributed by atoms with Crippen molar-refractivity contribution in [2.75, 3.05) is 0 Å². The minimum Gasteiger partial charge on any atom is -0.352 e. The number of rotatable bonds is 7. The maximum absolute atomic E-state index is 13.1. The van der Waals surface area contributed by atoms with Crippen LogP contribution in [0.4, 0.5) is 0 Å². The van der Waals surface area contributed by atoms with Crippen LogP contribution in [0.2, 0.25) is 5.02 Å². The predicted octanol–water partition coefficient (Wildman–Crippen LogP) is 4.13. The summed E-state index contributed by atoms with van der Waals surface area (Å²) >= 11 is 6.04. The van der Waals surface area contributed by atoms with Gasteiger partial charge in [-0.05, 0) is 56.5 Å². The molecule has 0 unspecified atom stereocenters. The average molecular weight is 387 g/mol.